The first-order valence-corrected chi connectivity index (χ1v) is 4.85. The molecule has 0 saturated carbocycles. The minimum absolute atomic E-state index is 0.0465. The highest BCUT2D eigenvalue weighted by molar-refractivity contribution is 5.68. The molecule has 15 heavy (non-hydrogen) atoms. The van der Waals surface area contributed by atoms with E-state index in [1.165, 1.54) is 0 Å². The van der Waals surface area contributed by atoms with E-state index in [-0.39, 0.29) is 12.0 Å². The maximum Gasteiger partial charge on any atom is 0.341 e. The molecule has 0 aliphatic carbocycles. The lowest BCUT2D eigenvalue weighted by Crippen LogP contribution is -2.16. The summed E-state index contributed by atoms with van der Waals surface area (Å²) in [7, 11) is 0. The van der Waals surface area contributed by atoms with Crippen LogP contribution in [0, 0.1) is 0 Å². The Morgan fingerprint density at radius 1 is 1.33 bits per heavy atom. The van der Waals surface area contributed by atoms with Gasteiger partial charge in [0.05, 0.1) is 0 Å². The average molecular weight is 208 g/mol. The molecule has 1 aromatic rings. The van der Waals surface area contributed by atoms with Crippen LogP contribution in [0.25, 0.3) is 0 Å². The zero-order chi connectivity index (χ0) is 11.5. The van der Waals surface area contributed by atoms with Gasteiger partial charge in [0.25, 0.3) is 0 Å². The summed E-state index contributed by atoms with van der Waals surface area (Å²) in [6, 6.07) is 7.52. The van der Waals surface area contributed by atoms with E-state index in [2.05, 4.69) is 20.8 Å². The molecule has 0 aromatic heterocycles. The highest BCUT2D eigenvalue weighted by Crippen LogP contribution is 2.30. The van der Waals surface area contributed by atoms with E-state index in [4.69, 9.17) is 9.84 Å². The summed E-state index contributed by atoms with van der Waals surface area (Å²) < 4.78 is 5.23. The number of para-hydroxylation sites is 1. The molecule has 0 saturated heterocycles. The van der Waals surface area contributed by atoms with Gasteiger partial charge in [-0.3, -0.25) is 0 Å². The molecule has 0 aliphatic heterocycles. The second-order valence-corrected chi connectivity index (χ2v) is 4.43. The molecule has 0 unspecified atom stereocenters. The Bertz CT molecular complexity index is 350. The average Bonchev–Trinajstić information content (AvgIpc) is 2.13. The van der Waals surface area contributed by atoms with Crippen molar-refractivity contribution in [2.75, 3.05) is 6.61 Å². The van der Waals surface area contributed by atoms with Crippen molar-refractivity contribution >= 4 is 5.97 Å². The van der Waals surface area contributed by atoms with Crippen LogP contribution in [-0.4, -0.2) is 17.7 Å². The number of carbonyl (C=O) groups is 1. The van der Waals surface area contributed by atoms with E-state index in [1.807, 2.05) is 18.2 Å². The summed E-state index contributed by atoms with van der Waals surface area (Å²) in [5.41, 5.74) is 0.973. The van der Waals surface area contributed by atoms with Crippen molar-refractivity contribution in [3.63, 3.8) is 0 Å². The zero-order valence-corrected chi connectivity index (χ0v) is 9.28. The van der Waals surface area contributed by atoms with Crippen LogP contribution >= 0.6 is 0 Å². The van der Waals surface area contributed by atoms with E-state index in [9.17, 15) is 4.79 Å². The second kappa shape index (κ2) is 4.34. The summed E-state index contributed by atoms with van der Waals surface area (Å²) in [5, 5.41) is 8.54. The molecule has 3 nitrogen and oxygen atoms in total. The minimum atomic E-state index is -0.960. The van der Waals surface area contributed by atoms with Crippen molar-refractivity contribution in [2.24, 2.45) is 0 Å². The Kier molecular flexibility index (Phi) is 3.35. The fraction of sp³-hybridized carbons (Fsp3) is 0.417. The number of aliphatic carboxylic acids is 1. The van der Waals surface area contributed by atoms with Crippen LogP contribution in [0.4, 0.5) is 0 Å². The van der Waals surface area contributed by atoms with Crippen molar-refractivity contribution in [3.05, 3.63) is 29.8 Å². The Labute approximate surface area is 89.7 Å². The largest absolute Gasteiger partial charge is 0.482 e. The lowest BCUT2D eigenvalue weighted by molar-refractivity contribution is -0.139. The van der Waals surface area contributed by atoms with Gasteiger partial charge in [0.2, 0.25) is 0 Å². The predicted octanol–water partition coefficient (Wildman–Crippen LogP) is 2.45. The van der Waals surface area contributed by atoms with Crippen molar-refractivity contribution in [1.29, 1.82) is 0 Å². The van der Waals surface area contributed by atoms with E-state index in [0.29, 0.717) is 5.75 Å². The molecule has 0 fully saturated rings. The third-order valence-corrected chi connectivity index (χ3v) is 2.05. The van der Waals surface area contributed by atoms with Crippen molar-refractivity contribution in [2.45, 2.75) is 26.2 Å². The van der Waals surface area contributed by atoms with Crippen molar-refractivity contribution < 1.29 is 14.6 Å². The SMILES string of the molecule is CC(C)(C)c1ccccc1OCC(=O)O. The Balaban J connectivity index is 2.92. The number of hydrogen-bond donors (Lipinski definition) is 1. The summed E-state index contributed by atoms with van der Waals surface area (Å²) in [6.45, 7) is 5.90. The molecule has 0 heterocycles. The third kappa shape index (κ3) is 3.27. The van der Waals surface area contributed by atoms with Gasteiger partial charge in [0.15, 0.2) is 6.61 Å². The molecule has 0 aliphatic rings. The van der Waals surface area contributed by atoms with Gasteiger partial charge in [-0.1, -0.05) is 39.0 Å². The van der Waals surface area contributed by atoms with Gasteiger partial charge in [-0.2, -0.15) is 0 Å². The number of rotatable bonds is 3. The summed E-state index contributed by atoms with van der Waals surface area (Å²) >= 11 is 0. The van der Waals surface area contributed by atoms with Crippen molar-refractivity contribution in [1.82, 2.24) is 0 Å². The van der Waals surface area contributed by atoms with Gasteiger partial charge < -0.3 is 9.84 Å². The van der Waals surface area contributed by atoms with Gasteiger partial charge in [-0.05, 0) is 17.0 Å². The first kappa shape index (κ1) is 11.6. The summed E-state index contributed by atoms with van der Waals surface area (Å²) in [4.78, 5) is 10.4. The number of ether oxygens (including phenoxy) is 1. The van der Waals surface area contributed by atoms with Crippen LogP contribution < -0.4 is 4.74 Å². The number of hydrogen-bond acceptors (Lipinski definition) is 2. The lowest BCUT2D eigenvalue weighted by atomic mass is 9.86. The first-order valence-electron chi connectivity index (χ1n) is 4.85. The topological polar surface area (TPSA) is 46.5 Å². The highest BCUT2D eigenvalue weighted by atomic mass is 16.5. The standard InChI is InChI=1S/C12H16O3/c1-12(2,3)9-6-4-5-7-10(9)15-8-11(13)14/h4-7H,8H2,1-3H3,(H,13,14). The third-order valence-electron chi connectivity index (χ3n) is 2.05. The number of carboxylic acid groups (broad SMARTS) is 1. The molecule has 82 valence electrons. The van der Waals surface area contributed by atoms with Crippen LogP contribution in [0.15, 0.2) is 24.3 Å². The van der Waals surface area contributed by atoms with Gasteiger partial charge in [-0.15, -0.1) is 0 Å². The molecule has 1 N–H and O–H groups in total. The summed E-state index contributed by atoms with van der Waals surface area (Å²) in [6.07, 6.45) is 0. The van der Waals surface area contributed by atoms with Crippen LogP contribution in [-0.2, 0) is 10.2 Å². The molecular weight excluding hydrogens is 192 g/mol. The maximum atomic E-state index is 10.4. The number of benzene rings is 1. The fourth-order valence-electron chi connectivity index (χ4n) is 1.35. The molecule has 0 radical (unpaired) electrons. The predicted molar refractivity (Wildman–Crippen MR) is 58.3 cm³/mol. The van der Waals surface area contributed by atoms with E-state index in [0.717, 1.165) is 5.56 Å². The molecule has 0 amide bonds. The zero-order valence-electron chi connectivity index (χ0n) is 9.28. The van der Waals surface area contributed by atoms with E-state index < -0.39 is 5.97 Å². The van der Waals surface area contributed by atoms with Crippen LogP contribution in [0.2, 0.25) is 0 Å². The normalized spacial score (nSPS) is 11.1. The van der Waals surface area contributed by atoms with E-state index in [1.54, 1.807) is 6.07 Å². The summed E-state index contributed by atoms with van der Waals surface area (Å²) in [5.74, 6) is -0.314. The van der Waals surface area contributed by atoms with Gasteiger partial charge in [0.1, 0.15) is 5.75 Å². The monoisotopic (exact) mass is 208 g/mol. The smallest absolute Gasteiger partial charge is 0.341 e. The Morgan fingerprint density at radius 2 is 1.93 bits per heavy atom. The fourth-order valence-corrected chi connectivity index (χ4v) is 1.35. The Morgan fingerprint density at radius 3 is 2.47 bits per heavy atom. The minimum Gasteiger partial charge on any atom is -0.482 e. The Hall–Kier alpha value is -1.51. The molecule has 3 heteroatoms. The lowest BCUT2D eigenvalue weighted by Gasteiger charge is -2.22. The maximum absolute atomic E-state index is 10.4. The molecule has 1 rings (SSSR count). The second-order valence-electron chi connectivity index (χ2n) is 4.43. The van der Waals surface area contributed by atoms with Crippen LogP contribution in [0.3, 0.4) is 0 Å². The molecule has 0 atom stereocenters. The van der Waals surface area contributed by atoms with Gasteiger partial charge >= 0.3 is 5.97 Å². The molecule has 0 bridgehead atoms. The highest BCUT2D eigenvalue weighted by Gasteiger charge is 2.18. The van der Waals surface area contributed by atoms with Crippen molar-refractivity contribution in [3.8, 4) is 5.75 Å². The first-order chi connectivity index (χ1) is 6.91. The molecule has 1 aromatic carbocycles. The number of carboxylic acids is 1. The molecular formula is C12H16O3. The molecule has 0 spiro atoms. The van der Waals surface area contributed by atoms with Gasteiger partial charge in [0, 0.05) is 0 Å². The van der Waals surface area contributed by atoms with E-state index >= 15 is 0 Å². The quantitative estimate of drug-likeness (QED) is 0.829. The van der Waals surface area contributed by atoms with Crippen LogP contribution in [0.1, 0.15) is 26.3 Å². The van der Waals surface area contributed by atoms with Gasteiger partial charge in [-0.25, -0.2) is 4.79 Å². The van der Waals surface area contributed by atoms with Crippen LogP contribution in [0.5, 0.6) is 5.75 Å².